The maximum absolute atomic E-state index is 14.0. The molecule has 1 amide bonds. The minimum absolute atomic E-state index is 0.0157. The molecule has 0 spiro atoms. The number of nitrogens with zero attached hydrogens (tertiary/aromatic N) is 4. The third-order valence-corrected chi connectivity index (χ3v) is 6.17. The van der Waals surface area contributed by atoms with Crippen molar-refractivity contribution in [1.82, 2.24) is 14.9 Å². The average molecular weight is 455 g/mol. The average Bonchev–Trinajstić information content (AvgIpc) is 3.43. The van der Waals surface area contributed by atoms with Gasteiger partial charge in [0.1, 0.15) is 17.6 Å². The van der Waals surface area contributed by atoms with Crippen LogP contribution in [0.1, 0.15) is 23.2 Å². The van der Waals surface area contributed by atoms with Crippen LogP contribution in [0.4, 0.5) is 10.1 Å². The quantitative estimate of drug-likeness (QED) is 0.462. The van der Waals surface area contributed by atoms with Crippen molar-refractivity contribution < 1.29 is 14.3 Å². The van der Waals surface area contributed by atoms with Crippen molar-refractivity contribution in [2.75, 3.05) is 11.4 Å². The lowest BCUT2D eigenvalue weighted by atomic mass is 10.1. The van der Waals surface area contributed by atoms with E-state index in [9.17, 15) is 14.3 Å². The zero-order valence-electron chi connectivity index (χ0n) is 18.3. The number of nitrogens with one attached hydrogen (secondary N) is 1. The van der Waals surface area contributed by atoms with Crippen molar-refractivity contribution in [3.05, 3.63) is 89.8 Å². The van der Waals surface area contributed by atoms with Gasteiger partial charge in [0.25, 0.3) is 0 Å². The number of rotatable bonds is 6. The highest BCUT2D eigenvalue weighted by Crippen LogP contribution is 2.32. The predicted molar refractivity (Wildman–Crippen MR) is 126 cm³/mol. The fraction of sp³-hybridized carbons (Fsp3) is 0.192. The Kier molecular flexibility index (Phi) is 5.70. The van der Waals surface area contributed by atoms with E-state index in [2.05, 4.69) is 10.3 Å². The van der Waals surface area contributed by atoms with Crippen LogP contribution in [0.25, 0.3) is 10.8 Å². The standard InChI is InChI=1S/C26H22FN5O2/c27-23-10-17(4-5-19(23)12-28)15-31-16-29-13-20(31)14-30-24-8-9-32(26(24)34)25-3-1-2-18-6-7-21(33)11-22(18)25/h1-7,10-11,13,16,24,30,33H,8-9,14-15H2/t24-/m0/s1. The van der Waals surface area contributed by atoms with Gasteiger partial charge >= 0.3 is 0 Å². The molecule has 0 radical (unpaired) electrons. The van der Waals surface area contributed by atoms with E-state index in [1.165, 1.54) is 12.1 Å². The largest absolute Gasteiger partial charge is 0.508 e. The Labute approximate surface area is 195 Å². The number of phenols is 1. The van der Waals surface area contributed by atoms with Crippen LogP contribution in [0.15, 0.2) is 67.1 Å². The summed E-state index contributed by atoms with van der Waals surface area (Å²) in [6.45, 7) is 1.41. The molecule has 3 aromatic carbocycles. The van der Waals surface area contributed by atoms with E-state index in [0.29, 0.717) is 26.1 Å². The molecule has 4 aromatic rings. The van der Waals surface area contributed by atoms with Crippen LogP contribution in [0.5, 0.6) is 5.75 Å². The lowest BCUT2D eigenvalue weighted by Crippen LogP contribution is -2.38. The Hall–Kier alpha value is -4.22. The SMILES string of the molecule is N#Cc1ccc(Cn2cncc2CN[C@H]2CCN(c3cccc4ccc(O)cc34)C2=O)cc1F. The number of carbonyl (C=O) groups excluding carboxylic acids is 1. The number of carbonyl (C=O) groups is 1. The number of hydrogen-bond acceptors (Lipinski definition) is 5. The first-order valence-electron chi connectivity index (χ1n) is 11.0. The molecule has 0 bridgehead atoms. The number of hydrogen-bond donors (Lipinski definition) is 2. The number of anilines is 1. The van der Waals surface area contributed by atoms with E-state index in [4.69, 9.17) is 5.26 Å². The van der Waals surface area contributed by atoms with Crippen LogP contribution in [-0.4, -0.2) is 33.2 Å². The number of phenolic OH excluding ortho intramolecular Hbond substituents is 1. The van der Waals surface area contributed by atoms with Gasteiger partial charge in [-0.05, 0) is 47.7 Å². The minimum Gasteiger partial charge on any atom is -0.508 e. The second-order valence-corrected chi connectivity index (χ2v) is 8.33. The molecular formula is C26H22FN5O2. The zero-order valence-corrected chi connectivity index (χ0v) is 18.3. The fourth-order valence-corrected chi connectivity index (χ4v) is 4.40. The number of aromatic hydroxyl groups is 1. The van der Waals surface area contributed by atoms with Gasteiger partial charge in [0.15, 0.2) is 0 Å². The van der Waals surface area contributed by atoms with Crippen molar-refractivity contribution in [3.63, 3.8) is 0 Å². The summed E-state index contributed by atoms with van der Waals surface area (Å²) in [6.07, 6.45) is 4.04. The maximum Gasteiger partial charge on any atom is 0.244 e. The topological polar surface area (TPSA) is 94.2 Å². The summed E-state index contributed by atoms with van der Waals surface area (Å²) < 4.78 is 15.8. The highest BCUT2D eigenvalue weighted by molar-refractivity contribution is 6.07. The lowest BCUT2D eigenvalue weighted by Gasteiger charge is -2.19. The second kappa shape index (κ2) is 8.96. The summed E-state index contributed by atoms with van der Waals surface area (Å²) in [4.78, 5) is 19.1. The molecule has 1 fully saturated rings. The van der Waals surface area contributed by atoms with Gasteiger partial charge in [0.2, 0.25) is 5.91 Å². The molecule has 5 rings (SSSR count). The molecule has 2 N–H and O–H groups in total. The highest BCUT2D eigenvalue weighted by Gasteiger charge is 2.33. The summed E-state index contributed by atoms with van der Waals surface area (Å²) in [5.41, 5.74) is 2.39. The van der Waals surface area contributed by atoms with Crippen molar-refractivity contribution >= 4 is 22.4 Å². The molecule has 1 saturated heterocycles. The van der Waals surface area contributed by atoms with Crippen LogP contribution in [-0.2, 0) is 17.9 Å². The summed E-state index contributed by atoms with van der Waals surface area (Å²) in [6, 6.07) is 16.9. The molecule has 0 aliphatic carbocycles. The smallest absolute Gasteiger partial charge is 0.244 e. The number of halogens is 1. The third kappa shape index (κ3) is 4.09. The van der Waals surface area contributed by atoms with Crippen molar-refractivity contribution in [2.24, 2.45) is 0 Å². The number of nitriles is 1. The molecule has 0 unspecified atom stereocenters. The Morgan fingerprint density at radius 2 is 2.09 bits per heavy atom. The number of fused-ring (bicyclic) bond motifs is 1. The Morgan fingerprint density at radius 3 is 2.91 bits per heavy atom. The van der Waals surface area contributed by atoms with Gasteiger partial charge in [-0.2, -0.15) is 5.26 Å². The van der Waals surface area contributed by atoms with E-state index in [1.54, 1.807) is 35.6 Å². The van der Waals surface area contributed by atoms with E-state index in [-0.39, 0.29) is 23.3 Å². The van der Waals surface area contributed by atoms with Gasteiger partial charge in [0, 0.05) is 31.2 Å². The van der Waals surface area contributed by atoms with Crippen molar-refractivity contribution in [2.45, 2.75) is 25.6 Å². The molecule has 34 heavy (non-hydrogen) atoms. The van der Waals surface area contributed by atoms with Crippen molar-refractivity contribution in [1.29, 1.82) is 5.26 Å². The number of imidazole rings is 1. The van der Waals surface area contributed by atoms with Gasteiger partial charge < -0.3 is 19.9 Å². The van der Waals surface area contributed by atoms with Crippen LogP contribution in [0.2, 0.25) is 0 Å². The van der Waals surface area contributed by atoms with Crippen LogP contribution in [0, 0.1) is 17.1 Å². The molecule has 7 nitrogen and oxygen atoms in total. The zero-order chi connectivity index (χ0) is 23.7. The van der Waals surface area contributed by atoms with Gasteiger partial charge in [-0.15, -0.1) is 0 Å². The first-order chi connectivity index (χ1) is 16.5. The summed E-state index contributed by atoms with van der Waals surface area (Å²) >= 11 is 0. The molecule has 170 valence electrons. The number of amides is 1. The van der Waals surface area contributed by atoms with Gasteiger partial charge in [-0.25, -0.2) is 9.37 Å². The van der Waals surface area contributed by atoms with Crippen LogP contribution in [0.3, 0.4) is 0 Å². The van der Waals surface area contributed by atoms with Gasteiger partial charge in [-0.1, -0.05) is 24.3 Å². The maximum atomic E-state index is 14.0. The summed E-state index contributed by atoms with van der Waals surface area (Å²) in [5, 5.41) is 24.0. The number of aromatic nitrogens is 2. The lowest BCUT2D eigenvalue weighted by molar-refractivity contribution is -0.118. The minimum atomic E-state index is -0.543. The normalized spacial score (nSPS) is 15.7. The molecule has 1 aliphatic rings. The molecule has 1 aromatic heterocycles. The van der Waals surface area contributed by atoms with Crippen LogP contribution >= 0.6 is 0 Å². The predicted octanol–water partition coefficient (Wildman–Crippen LogP) is 3.70. The highest BCUT2D eigenvalue weighted by atomic mass is 19.1. The fourth-order valence-electron chi connectivity index (χ4n) is 4.40. The molecule has 1 atom stereocenters. The van der Waals surface area contributed by atoms with E-state index >= 15 is 0 Å². The first-order valence-corrected chi connectivity index (χ1v) is 11.0. The number of benzene rings is 3. The van der Waals surface area contributed by atoms with E-state index in [0.717, 1.165) is 27.7 Å². The second-order valence-electron chi connectivity index (χ2n) is 8.33. The Balaban J connectivity index is 1.28. The van der Waals surface area contributed by atoms with Gasteiger partial charge in [0.05, 0.1) is 29.3 Å². The molecule has 8 heteroatoms. The van der Waals surface area contributed by atoms with Gasteiger partial charge in [-0.3, -0.25) is 4.79 Å². The molecule has 0 saturated carbocycles. The van der Waals surface area contributed by atoms with E-state index < -0.39 is 5.82 Å². The monoisotopic (exact) mass is 455 g/mol. The first kappa shape index (κ1) is 21.6. The summed E-state index contributed by atoms with van der Waals surface area (Å²) in [7, 11) is 0. The third-order valence-electron chi connectivity index (χ3n) is 6.17. The Morgan fingerprint density at radius 1 is 1.21 bits per heavy atom. The molecule has 1 aliphatic heterocycles. The van der Waals surface area contributed by atoms with E-state index in [1.807, 2.05) is 34.9 Å². The molecular weight excluding hydrogens is 433 g/mol. The molecule has 2 heterocycles. The van der Waals surface area contributed by atoms with Crippen molar-refractivity contribution in [3.8, 4) is 11.8 Å². The van der Waals surface area contributed by atoms with Crippen LogP contribution < -0.4 is 10.2 Å². The Bertz CT molecular complexity index is 1420. The summed E-state index contributed by atoms with van der Waals surface area (Å²) in [5.74, 6) is -0.397.